The number of benzene rings is 1. The van der Waals surface area contributed by atoms with Crippen LogP contribution < -0.4 is 10.6 Å². The van der Waals surface area contributed by atoms with Crippen LogP contribution in [-0.4, -0.2) is 27.2 Å². The highest BCUT2D eigenvalue weighted by Crippen LogP contribution is 2.24. The molecular formula is C16H14N4O5S. The van der Waals surface area contributed by atoms with Crippen LogP contribution in [0.25, 0.3) is 0 Å². The number of nitro groups is 1. The Labute approximate surface area is 152 Å². The maximum Gasteiger partial charge on any atom is 0.271 e. The average Bonchev–Trinajstić information content (AvgIpc) is 3.23. The van der Waals surface area contributed by atoms with Gasteiger partial charge in [-0.3, -0.25) is 24.7 Å². The molecule has 1 aromatic heterocycles. The Balaban J connectivity index is 1.56. The molecule has 2 heterocycles. The van der Waals surface area contributed by atoms with E-state index in [-0.39, 0.29) is 18.0 Å². The molecule has 0 aliphatic carbocycles. The third-order valence-corrected chi connectivity index (χ3v) is 4.57. The molecule has 1 unspecified atom stereocenters. The quantitative estimate of drug-likeness (QED) is 0.590. The smallest absolute Gasteiger partial charge is 0.271 e. The number of hydrogen-bond acceptors (Lipinski definition) is 7. The largest absolute Gasteiger partial charge is 0.467 e. The van der Waals surface area contributed by atoms with E-state index in [1.165, 1.54) is 36.2 Å². The molecule has 1 saturated heterocycles. The zero-order valence-electron chi connectivity index (χ0n) is 13.4. The highest BCUT2D eigenvalue weighted by atomic mass is 32.2. The van der Waals surface area contributed by atoms with Gasteiger partial charge >= 0.3 is 0 Å². The van der Waals surface area contributed by atoms with Gasteiger partial charge in [-0.2, -0.15) is 0 Å². The van der Waals surface area contributed by atoms with Gasteiger partial charge in [0.15, 0.2) is 5.17 Å². The summed E-state index contributed by atoms with van der Waals surface area (Å²) in [7, 11) is 0. The first kappa shape index (κ1) is 17.7. The van der Waals surface area contributed by atoms with Crippen LogP contribution in [0, 0.1) is 10.1 Å². The van der Waals surface area contributed by atoms with E-state index in [0.717, 1.165) is 0 Å². The van der Waals surface area contributed by atoms with Gasteiger partial charge in [0.25, 0.3) is 5.69 Å². The second-order valence-corrected chi connectivity index (χ2v) is 6.55. The molecule has 9 nitrogen and oxygen atoms in total. The molecule has 0 radical (unpaired) electrons. The highest BCUT2D eigenvalue weighted by Gasteiger charge is 2.32. The van der Waals surface area contributed by atoms with Crippen LogP contribution in [0.1, 0.15) is 12.2 Å². The van der Waals surface area contributed by atoms with Crippen LogP contribution in [0.3, 0.4) is 0 Å². The van der Waals surface area contributed by atoms with Crippen molar-refractivity contribution in [2.45, 2.75) is 18.2 Å². The van der Waals surface area contributed by atoms with Gasteiger partial charge in [-0.1, -0.05) is 17.8 Å². The van der Waals surface area contributed by atoms with E-state index in [1.54, 1.807) is 18.2 Å². The fourth-order valence-corrected chi connectivity index (χ4v) is 3.21. The zero-order chi connectivity index (χ0) is 18.5. The van der Waals surface area contributed by atoms with Gasteiger partial charge in [0, 0.05) is 24.2 Å². The number of carbonyl (C=O) groups excluding carboxylic acids is 2. The van der Waals surface area contributed by atoms with Crippen LogP contribution in [0.15, 0.2) is 52.1 Å². The molecule has 1 aromatic carbocycles. The first-order valence-corrected chi connectivity index (χ1v) is 8.48. The van der Waals surface area contributed by atoms with E-state index in [1.807, 2.05) is 0 Å². The Kier molecular flexibility index (Phi) is 5.32. The maximum atomic E-state index is 12.1. The fraction of sp³-hybridized carbons (Fsp3) is 0.188. The molecule has 0 bridgehead atoms. The topological polar surface area (TPSA) is 127 Å². The Morgan fingerprint density at radius 3 is 2.96 bits per heavy atom. The van der Waals surface area contributed by atoms with Crippen molar-refractivity contribution in [3.05, 3.63) is 58.5 Å². The summed E-state index contributed by atoms with van der Waals surface area (Å²) in [5, 5.41) is 15.8. The summed E-state index contributed by atoms with van der Waals surface area (Å²) in [6.07, 6.45) is 1.47. The number of amidine groups is 1. The minimum Gasteiger partial charge on any atom is -0.467 e. The third kappa shape index (κ3) is 4.48. The summed E-state index contributed by atoms with van der Waals surface area (Å²) in [5.74, 6) is -0.0490. The Morgan fingerprint density at radius 1 is 1.38 bits per heavy atom. The molecule has 0 saturated carbocycles. The Bertz CT molecular complexity index is 865. The van der Waals surface area contributed by atoms with Gasteiger partial charge in [0.2, 0.25) is 11.8 Å². The number of amides is 2. The van der Waals surface area contributed by atoms with Gasteiger partial charge in [-0.05, 0) is 18.2 Å². The Morgan fingerprint density at radius 2 is 2.23 bits per heavy atom. The van der Waals surface area contributed by atoms with Crippen molar-refractivity contribution in [3.8, 4) is 0 Å². The van der Waals surface area contributed by atoms with Gasteiger partial charge in [-0.25, -0.2) is 0 Å². The summed E-state index contributed by atoms with van der Waals surface area (Å²) in [6.45, 7) is 0.294. The predicted octanol–water partition coefficient (Wildman–Crippen LogP) is 2.30. The second kappa shape index (κ2) is 7.83. The lowest BCUT2D eigenvalue weighted by molar-refractivity contribution is -0.384. The second-order valence-electron chi connectivity index (χ2n) is 5.36. The summed E-state index contributed by atoms with van der Waals surface area (Å²) in [6, 6.07) is 9.13. The van der Waals surface area contributed by atoms with Gasteiger partial charge in [-0.15, -0.1) is 0 Å². The van der Waals surface area contributed by atoms with Gasteiger partial charge < -0.3 is 15.1 Å². The molecule has 1 atom stereocenters. The number of furan rings is 1. The van der Waals surface area contributed by atoms with Crippen LogP contribution in [-0.2, 0) is 16.1 Å². The summed E-state index contributed by atoms with van der Waals surface area (Å²) in [5.41, 5.74) is 0.183. The van der Waals surface area contributed by atoms with Crippen LogP contribution in [0.2, 0.25) is 0 Å². The van der Waals surface area contributed by atoms with Crippen molar-refractivity contribution in [1.82, 2.24) is 5.32 Å². The number of aliphatic imine (C=N–C) groups is 1. The minimum atomic E-state index is -0.607. The number of carbonyl (C=O) groups is 2. The van der Waals surface area contributed by atoms with Crippen molar-refractivity contribution in [2.24, 2.45) is 4.99 Å². The van der Waals surface area contributed by atoms with E-state index in [4.69, 9.17) is 4.42 Å². The van der Waals surface area contributed by atoms with Crippen molar-refractivity contribution in [2.75, 3.05) is 5.32 Å². The number of non-ortho nitro benzene ring substituents is 1. The van der Waals surface area contributed by atoms with Crippen LogP contribution >= 0.6 is 11.8 Å². The molecule has 1 aliphatic rings. The molecule has 134 valence electrons. The Hall–Kier alpha value is -3.14. The minimum absolute atomic E-state index is 0.0705. The summed E-state index contributed by atoms with van der Waals surface area (Å²) >= 11 is 1.17. The van der Waals surface area contributed by atoms with E-state index < -0.39 is 16.1 Å². The molecular weight excluding hydrogens is 360 g/mol. The normalized spacial score (nSPS) is 17.9. The van der Waals surface area contributed by atoms with Gasteiger partial charge in [0.05, 0.1) is 17.7 Å². The third-order valence-electron chi connectivity index (χ3n) is 3.45. The molecule has 26 heavy (non-hydrogen) atoms. The van der Waals surface area contributed by atoms with Crippen molar-refractivity contribution >= 4 is 40.1 Å². The number of nitro benzene ring substituents is 1. The molecule has 3 rings (SSSR count). The van der Waals surface area contributed by atoms with Gasteiger partial charge in [0.1, 0.15) is 11.0 Å². The predicted molar refractivity (Wildman–Crippen MR) is 95.7 cm³/mol. The van der Waals surface area contributed by atoms with E-state index >= 15 is 0 Å². The highest BCUT2D eigenvalue weighted by molar-refractivity contribution is 8.15. The fourth-order valence-electron chi connectivity index (χ4n) is 2.24. The SMILES string of the molecule is O=C(CC1SC(=NCc2ccco2)NC1=O)Nc1cccc([N+](=O)[O-])c1. The molecule has 10 heteroatoms. The number of nitrogens with zero attached hydrogens (tertiary/aromatic N) is 2. The lowest BCUT2D eigenvalue weighted by atomic mass is 10.2. The van der Waals surface area contributed by atoms with E-state index in [2.05, 4.69) is 15.6 Å². The number of anilines is 1. The first-order valence-electron chi connectivity index (χ1n) is 7.60. The average molecular weight is 374 g/mol. The van der Waals surface area contributed by atoms with Crippen LogP contribution in [0.4, 0.5) is 11.4 Å². The van der Waals surface area contributed by atoms with Crippen molar-refractivity contribution in [3.63, 3.8) is 0 Å². The molecule has 2 amide bonds. The molecule has 0 spiro atoms. The van der Waals surface area contributed by atoms with E-state index in [0.29, 0.717) is 23.2 Å². The summed E-state index contributed by atoms with van der Waals surface area (Å²) in [4.78, 5) is 38.5. The monoisotopic (exact) mass is 374 g/mol. The lowest BCUT2D eigenvalue weighted by Crippen LogP contribution is -2.28. The van der Waals surface area contributed by atoms with Crippen LogP contribution in [0.5, 0.6) is 0 Å². The molecule has 2 N–H and O–H groups in total. The lowest BCUT2D eigenvalue weighted by Gasteiger charge is -2.07. The van der Waals surface area contributed by atoms with E-state index in [9.17, 15) is 19.7 Å². The number of rotatable bonds is 6. The molecule has 1 aliphatic heterocycles. The standard InChI is InChI=1S/C16H14N4O5S/c21-14(18-10-3-1-4-11(7-10)20(23)24)8-13-15(22)19-16(26-13)17-9-12-5-2-6-25-12/h1-7,13H,8-9H2,(H,18,21)(H,17,19,22). The first-order chi connectivity index (χ1) is 12.5. The molecule has 1 fully saturated rings. The number of hydrogen-bond donors (Lipinski definition) is 2. The number of nitrogens with one attached hydrogen (secondary N) is 2. The molecule has 2 aromatic rings. The number of thioether (sulfide) groups is 1. The summed E-state index contributed by atoms with van der Waals surface area (Å²) < 4.78 is 5.16. The van der Waals surface area contributed by atoms with Crippen molar-refractivity contribution < 1.29 is 18.9 Å². The maximum absolute atomic E-state index is 12.1. The zero-order valence-corrected chi connectivity index (χ0v) is 14.2. The van der Waals surface area contributed by atoms with Crippen molar-refractivity contribution in [1.29, 1.82) is 0 Å².